The quantitative estimate of drug-likeness (QED) is 0.541. The zero-order valence-corrected chi connectivity index (χ0v) is 7.88. The van der Waals surface area contributed by atoms with Crippen LogP contribution in [-0.4, -0.2) is 5.78 Å². The molecule has 1 nitrogen and oxygen atoms in total. The Morgan fingerprint density at radius 2 is 1.58 bits per heavy atom. The summed E-state index contributed by atoms with van der Waals surface area (Å²) in [6, 6.07) is 0. The van der Waals surface area contributed by atoms with Gasteiger partial charge in [-0.25, -0.2) is 0 Å². The molecule has 0 radical (unpaired) electrons. The van der Waals surface area contributed by atoms with Crippen LogP contribution in [0.1, 0.15) is 45.4 Å². The van der Waals surface area contributed by atoms with E-state index in [4.69, 9.17) is 0 Å². The predicted octanol–water partition coefficient (Wildman–Crippen LogP) is 2.79. The molecule has 1 heteroatoms. The Morgan fingerprint density at radius 3 is 2.08 bits per heavy atom. The van der Waals surface area contributed by atoms with Crippen LogP contribution >= 0.6 is 0 Å². The first-order valence-corrected chi connectivity index (χ1v) is 5.27. The van der Waals surface area contributed by atoms with Crippen LogP contribution in [0.25, 0.3) is 0 Å². The maximum absolute atomic E-state index is 11.2. The van der Waals surface area contributed by atoms with Gasteiger partial charge in [0.25, 0.3) is 0 Å². The molecule has 0 heterocycles. The Hall–Kier alpha value is -0.330. The SMILES string of the molecule is CC1CC2CCC(=O)CCC2C1. The molecule has 2 saturated carbocycles. The van der Waals surface area contributed by atoms with E-state index in [9.17, 15) is 4.79 Å². The van der Waals surface area contributed by atoms with Gasteiger partial charge in [0.05, 0.1) is 0 Å². The van der Waals surface area contributed by atoms with Crippen molar-refractivity contribution < 1.29 is 4.79 Å². The molecule has 68 valence electrons. The van der Waals surface area contributed by atoms with Crippen molar-refractivity contribution in [1.82, 2.24) is 0 Å². The van der Waals surface area contributed by atoms with Crippen LogP contribution in [-0.2, 0) is 4.79 Å². The van der Waals surface area contributed by atoms with E-state index in [1.165, 1.54) is 25.7 Å². The van der Waals surface area contributed by atoms with Gasteiger partial charge in [0.2, 0.25) is 0 Å². The van der Waals surface area contributed by atoms with E-state index in [0.29, 0.717) is 5.78 Å². The molecule has 2 fully saturated rings. The Bertz CT molecular complexity index is 167. The van der Waals surface area contributed by atoms with E-state index >= 15 is 0 Å². The summed E-state index contributed by atoms with van der Waals surface area (Å²) in [5, 5.41) is 0. The van der Waals surface area contributed by atoms with E-state index in [-0.39, 0.29) is 0 Å². The second-order valence-corrected chi connectivity index (χ2v) is 4.71. The molecule has 0 aromatic heterocycles. The second-order valence-electron chi connectivity index (χ2n) is 4.71. The minimum Gasteiger partial charge on any atom is -0.300 e. The first-order chi connectivity index (χ1) is 5.75. The Kier molecular flexibility index (Phi) is 2.20. The summed E-state index contributed by atoms with van der Waals surface area (Å²) in [4.78, 5) is 11.2. The van der Waals surface area contributed by atoms with Gasteiger partial charge in [0.15, 0.2) is 0 Å². The first kappa shape index (κ1) is 8.28. The highest BCUT2D eigenvalue weighted by Crippen LogP contribution is 2.42. The van der Waals surface area contributed by atoms with Gasteiger partial charge in [-0.3, -0.25) is 4.79 Å². The zero-order chi connectivity index (χ0) is 8.55. The summed E-state index contributed by atoms with van der Waals surface area (Å²) in [6.07, 6.45) is 6.89. The van der Waals surface area contributed by atoms with Crippen LogP contribution in [0.15, 0.2) is 0 Å². The van der Waals surface area contributed by atoms with Crippen molar-refractivity contribution in [2.75, 3.05) is 0 Å². The summed E-state index contributed by atoms with van der Waals surface area (Å²) in [6.45, 7) is 2.36. The highest BCUT2D eigenvalue weighted by atomic mass is 16.1. The number of fused-ring (bicyclic) bond motifs is 1. The van der Waals surface area contributed by atoms with Gasteiger partial charge >= 0.3 is 0 Å². The lowest BCUT2D eigenvalue weighted by Gasteiger charge is -2.13. The summed E-state index contributed by atoms with van der Waals surface area (Å²) in [5.41, 5.74) is 0. The molecule has 0 amide bonds. The molecule has 0 spiro atoms. The number of ketones is 1. The fourth-order valence-corrected chi connectivity index (χ4v) is 3.04. The molecule has 12 heavy (non-hydrogen) atoms. The molecular formula is C11H18O. The fourth-order valence-electron chi connectivity index (χ4n) is 3.04. The highest BCUT2D eigenvalue weighted by Gasteiger charge is 2.33. The third-order valence-electron chi connectivity index (χ3n) is 3.66. The number of hydrogen-bond acceptors (Lipinski definition) is 1. The lowest BCUT2D eigenvalue weighted by Crippen LogP contribution is -2.04. The standard InChI is InChI=1S/C11H18O/c1-8-6-9-2-4-11(12)5-3-10(9)7-8/h8-10H,2-7H2,1H3. The Balaban J connectivity index is 2.00. The van der Waals surface area contributed by atoms with Crippen LogP contribution < -0.4 is 0 Å². The number of hydrogen-bond donors (Lipinski definition) is 0. The van der Waals surface area contributed by atoms with E-state index in [1.54, 1.807) is 0 Å². The van der Waals surface area contributed by atoms with Crippen molar-refractivity contribution >= 4 is 5.78 Å². The van der Waals surface area contributed by atoms with Crippen molar-refractivity contribution in [2.24, 2.45) is 17.8 Å². The van der Waals surface area contributed by atoms with Gasteiger partial charge < -0.3 is 0 Å². The monoisotopic (exact) mass is 166 g/mol. The molecule has 0 N–H and O–H groups in total. The minimum absolute atomic E-state index is 0.511. The average molecular weight is 166 g/mol. The second kappa shape index (κ2) is 3.20. The van der Waals surface area contributed by atoms with Crippen LogP contribution in [0.3, 0.4) is 0 Å². The third kappa shape index (κ3) is 1.55. The molecule has 2 rings (SSSR count). The normalized spacial score (nSPS) is 42.4. The maximum atomic E-state index is 11.2. The van der Waals surface area contributed by atoms with E-state index in [1.807, 2.05) is 0 Å². The molecule has 2 atom stereocenters. The number of carbonyl (C=O) groups is 1. The molecule has 0 bridgehead atoms. The van der Waals surface area contributed by atoms with Gasteiger partial charge in [-0.2, -0.15) is 0 Å². The molecule has 0 aromatic carbocycles. The summed E-state index contributed by atoms with van der Waals surface area (Å²) in [5.74, 6) is 3.23. The molecular weight excluding hydrogens is 148 g/mol. The molecule has 0 aromatic rings. The van der Waals surface area contributed by atoms with Crippen LogP contribution in [0.2, 0.25) is 0 Å². The van der Waals surface area contributed by atoms with Crippen LogP contribution in [0, 0.1) is 17.8 Å². The Morgan fingerprint density at radius 1 is 1.08 bits per heavy atom. The lowest BCUT2D eigenvalue weighted by atomic mass is 9.92. The van der Waals surface area contributed by atoms with E-state index < -0.39 is 0 Å². The molecule has 0 saturated heterocycles. The first-order valence-electron chi connectivity index (χ1n) is 5.27. The minimum atomic E-state index is 0.511. The van der Waals surface area contributed by atoms with Crippen molar-refractivity contribution in [1.29, 1.82) is 0 Å². The summed E-state index contributed by atoms with van der Waals surface area (Å²) >= 11 is 0. The Labute approximate surface area is 74.5 Å². The van der Waals surface area contributed by atoms with Gasteiger partial charge in [-0.15, -0.1) is 0 Å². The van der Waals surface area contributed by atoms with Crippen molar-refractivity contribution in [3.05, 3.63) is 0 Å². The number of Topliss-reactive ketones (excluding diaryl/α,β-unsaturated/α-hetero) is 1. The van der Waals surface area contributed by atoms with E-state index in [0.717, 1.165) is 30.6 Å². The summed E-state index contributed by atoms with van der Waals surface area (Å²) in [7, 11) is 0. The predicted molar refractivity (Wildman–Crippen MR) is 48.9 cm³/mol. The molecule has 2 unspecified atom stereocenters. The zero-order valence-electron chi connectivity index (χ0n) is 7.88. The van der Waals surface area contributed by atoms with Gasteiger partial charge in [0, 0.05) is 12.8 Å². The topological polar surface area (TPSA) is 17.1 Å². The smallest absolute Gasteiger partial charge is 0.132 e. The van der Waals surface area contributed by atoms with Crippen molar-refractivity contribution in [3.8, 4) is 0 Å². The van der Waals surface area contributed by atoms with Gasteiger partial charge in [-0.1, -0.05) is 6.92 Å². The highest BCUT2D eigenvalue weighted by molar-refractivity contribution is 5.78. The van der Waals surface area contributed by atoms with Crippen molar-refractivity contribution in [2.45, 2.75) is 45.4 Å². The fraction of sp³-hybridized carbons (Fsp3) is 0.909. The average Bonchev–Trinajstić information content (AvgIpc) is 2.31. The van der Waals surface area contributed by atoms with E-state index in [2.05, 4.69) is 6.92 Å². The third-order valence-corrected chi connectivity index (χ3v) is 3.66. The lowest BCUT2D eigenvalue weighted by molar-refractivity contribution is -0.119. The van der Waals surface area contributed by atoms with Gasteiger partial charge in [-0.05, 0) is 43.4 Å². The maximum Gasteiger partial charge on any atom is 0.132 e. The number of carbonyl (C=O) groups excluding carboxylic acids is 1. The van der Waals surface area contributed by atoms with Crippen molar-refractivity contribution in [3.63, 3.8) is 0 Å². The van der Waals surface area contributed by atoms with Gasteiger partial charge in [0.1, 0.15) is 5.78 Å². The van der Waals surface area contributed by atoms with Crippen LogP contribution in [0.5, 0.6) is 0 Å². The summed E-state index contributed by atoms with van der Waals surface area (Å²) < 4.78 is 0. The van der Waals surface area contributed by atoms with Crippen LogP contribution in [0.4, 0.5) is 0 Å². The number of rotatable bonds is 0. The molecule has 2 aliphatic rings. The molecule has 2 aliphatic carbocycles. The largest absolute Gasteiger partial charge is 0.300 e. The molecule has 0 aliphatic heterocycles.